The summed E-state index contributed by atoms with van der Waals surface area (Å²) < 4.78 is 11.0. The van der Waals surface area contributed by atoms with E-state index >= 15 is 0 Å². The van der Waals surface area contributed by atoms with Gasteiger partial charge in [-0.3, -0.25) is 19.4 Å². The Kier molecular flexibility index (Phi) is 6.31. The van der Waals surface area contributed by atoms with Crippen molar-refractivity contribution < 1.29 is 28.3 Å². The van der Waals surface area contributed by atoms with Gasteiger partial charge in [0.05, 0.1) is 17.2 Å². The molecule has 1 aromatic carbocycles. The van der Waals surface area contributed by atoms with E-state index < -0.39 is 23.8 Å². The predicted molar refractivity (Wildman–Crippen MR) is 113 cm³/mol. The molecule has 0 bridgehead atoms. The van der Waals surface area contributed by atoms with Crippen molar-refractivity contribution in [2.75, 3.05) is 20.7 Å². The highest BCUT2D eigenvalue weighted by Gasteiger charge is 2.38. The van der Waals surface area contributed by atoms with Crippen molar-refractivity contribution in [2.24, 2.45) is 5.92 Å². The van der Waals surface area contributed by atoms with Crippen LogP contribution in [0.1, 0.15) is 30.0 Å². The number of nitrogens with zero attached hydrogens (tertiary/aromatic N) is 2. The van der Waals surface area contributed by atoms with Gasteiger partial charge in [-0.25, -0.2) is 9.59 Å². The zero-order chi connectivity index (χ0) is 22.9. The number of ether oxygens (including phenoxy) is 1. The van der Waals surface area contributed by atoms with Gasteiger partial charge in [0.25, 0.3) is 11.8 Å². The molecule has 0 radical (unpaired) electrons. The van der Waals surface area contributed by atoms with E-state index in [4.69, 9.17) is 20.8 Å². The maximum atomic E-state index is 12.3. The third kappa shape index (κ3) is 4.54. The Morgan fingerprint density at radius 1 is 1.10 bits per heavy atom. The highest BCUT2D eigenvalue weighted by Crippen LogP contribution is 2.29. The summed E-state index contributed by atoms with van der Waals surface area (Å²) in [5, 5.41) is 0.251. The molecule has 0 unspecified atom stereocenters. The van der Waals surface area contributed by atoms with Crippen LogP contribution < -0.4 is 0 Å². The molecule has 8 nitrogen and oxygen atoms in total. The fraction of sp³-hybridized carbons (Fsp3) is 0.273. The van der Waals surface area contributed by atoms with Crippen molar-refractivity contribution in [2.45, 2.75) is 13.8 Å². The molecule has 1 saturated heterocycles. The number of esters is 1. The zero-order valence-corrected chi connectivity index (χ0v) is 18.2. The number of imide groups is 2. The summed E-state index contributed by atoms with van der Waals surface area (Å²) in [7, 11) is 2.59. The molecule has 0 atom stereocenters. The molecule has 1 aliphatic rings. The molecule has 31 heavy (non-hydrogen) atoms. The smallest absolute Gasteiger partial charge is 0.339 e. The first kappa shape index (κ1) is 22.3. The van der Waals surface area contributed by atoms with Crippen LogP contribution in [0.5, 0.6) is 0 Å². The van der Waals surface area contributed by atoms with Gasteiger partial charge >= 0.3 is 12.0 Å². The van der Waals surface area contributed by atoms with Gasteiger partial charge in [-0.1, -0.05) is 25.4 Å². The summed E-state index contributed by atoms with van der Waals surface area (Å²) in [6, 6.07) is 7.30. The quantitative estimate of drug-likeness (QED) is 0.395. The number of amides is 4. The molecule has 162 valence electrons. The first-order chi connectivity index (χ1) is 14.6. The maximum Gasteiger partial charge on any atom is 0.339 e. The van der Waals surface area contributed by atoms with Gasteiger partial charge < -0.3 is 9.15 Å². The van der Waals surface area contributed by atoms with E-state index in [1.807, 2.05) is 13.8 Å². The number of furan rings is 1. The lowest BCUT2D eigenvalue weighted by Crippen LogP contribution is -2.52. The summed E-state index contributed by atoms with van der Waals surface area (Å²) >= 11 is 6.15. The van der Waals surface area contributed by atoms with Gasteiger partial charge in [-0.05, 0) is 42.3 Å². The Balaban J connectivity index is 1.89. The third-order valence-corrected chi connectivity index (χ3v) is 4.91. The first-order valence-electron chi connectivity index (χ1n) is 9.48. The Hall–Kier alpha value is -3.39. The van der Waals surface area contributed by atoms with E-state index in [9.17, 15) is 19.2 Å². The van der Waals surface area contributed by atoms with Gasteiger partial charge in [0, 0.05) is 19.7 Å². The number of likely N-dealkylation sites (N-methyl/N-ethyl adjacent to an activating group) is 2. The number of carbonyl (C=O) groups is 4. The monoisotopic (exact) mass is 444 g/mol. The molecule has 1 aromatic heterocycles. The number of urea groups is 1. The SMILES string of the molecule is CC(C)COC(=O)c1cc(-c2ccc(C=C3C(=O)N(C)C(=O)N(C)C3=O)o2)ccc1Cl. The lowest BCUT2D eigenvalue weighted by atomic mass is 10.1. The van der Waals surface area contributed by atoms with Crippen LogP contribution in [0.15, 0.2) is 40.3 Å². The summed E-state index contributed by atoms with van der Waals surface area (Å²) in [6.07, 6.45) is 1.28. The molecular weight excluding hydrogens is 424 g/mol. The lowest BCUT2D eigenvalue weighted by molar-refractivity contribution is -0.134. The van der Waals surface area contributed by atoms with E-state index in [0.29, 0.717) is 11.3 Å². The van der Waals surface area contributed by atoms with Crippen molar-refractivity contribution in [3.8, 4) is 11.3 Å². The number of hydrogen-bond acceptors (Lipinski definition) is 6. The number of barbiturate groups is 1. The van der Waals surface area contributed by atoms with E-state index in [0.717, 1.165) is 9.80 Å². The highest BCUT2D eigenvalue weighted by atomic mass is 35.5. The van der Waals surface area contributed by atoms with Crippen LogP contribution in [0.2, 0.25) is 5.02 Å². The zero-order valence-electron chi connectivity index (χ0n) is 17.5. The minimum absolute atomic E-state index is 0.185. The average molecular weight is 445 g/mol. The number of carbonyl (C=O) groups excluding carboxylic acids is 4. The van der Waals surface area contributed by atoms with Crippen LogP contribution >= 0.6 is 11.6 Å². The lowest BCUT2D eigenvalue weighted by Gasteiger charge is -2.28. The minimum Gasteiger partial charge on any atom is -0.462 e. The molecule has 2 heterocycles. The van der Waals surface area contributed by atoms with E-state index in [1.165, 1.54) is 20.2 Å². The fourth-order valence-electron chi connectivity index (χ4n) is 2.86. The van der Waals surface area contributed by atoms with Crippen molar-refractivity contribution >= 4 is 41.5 Å². The normalized spacial score (nSPS) is 14.5. The molecule has 9 heteroatoms. The van der Waals surface area contributed by atoms with Gasteiger partial charge in [-0.15, -0.1) is 0 Å². The highest BCUT2D eigenvalue weighted by molar-refractivity contribution is 6.33. The van der Waals surface area contributed by atoms with Gasteiger partial charge in [0.1, 0.15) is 17.1 Å². The topological polar surface area (TPSA) is 97.1 Å². The second-order valence-corrected chi connectivity index (χ2v) is 7.87. The summed E-state index contributed by atoms with van der Waals surface area (Å²) in [5.74, 6) is -1.15. The molecule has 0 N–H and O–H groups in total. The van der Waals surface area contributed by atoms with Gasteiger partial charge in [-0.2, -0.15) is 0 Å². The van der Waals surface area contributed by atoms with Crippen LogP contribution in [-0.2, 0) is 14.3 Å². The van der Waals surface area contributed by atoms with Crippen LogP contribution in [0, 0.1) is 5.92 Å². The van der Waals surface area contributed by atoms with E-state index in [1.54, 1.807) is 30.3 Å². The Morgan fingerprint density at radius 3 is 2.35 bits per heavy atom. The van der Waals surface area contributed by atoms with Crippen LogP contribution in [0.3, 0.4) is 0 Å². The van der Waals surface area contributed by atoms with Crippen LogP contribution in [-0.4, -0.2) is 54.3 Å². The van der Waals surface area contributed by atoms with Gasteiger partial charge in [0.15, 0.2) is 0 Å². The van der Waals surface area contributed by atoms with E-state index in [2.05, 4.69) is 0 Å². The molecule has 4 amide bonds. The van der Waals surface area contributed by atoms with Crippen LogP contribution in [0.4, 0.5) is 4.79 Å². The van der Waals surface area contributed by atoms with Crippen molar-refractivity contribution in [1.29, 1.82) is 0 Å². The molecule has 0 spiro atoms. The second kappa shape index (κ2) is 8.77. The average Bonchev–Trinajstić information content (AvgIpc) is 3.21. The molecule has 0 saturated carbocycles. The van der Waals surface area contributed by atoms with Crippen LogP contribution in [0.25, 0.3) is 17.4 Å². The fourth-order valence-corrected chi connectivity index (χ4v) is 3.05. The number of halogens is 1. The Labute approximate surface area is 184 Å². The number of rotatable bonds is 5. The Morgan fingerprint density at radius 2 is 1.74 bits per heavy atom. The molecule has 3 rings (SSSR count). The standard InChI is InChI=1S/C22H21ClN2O6/c1-12(2)11-30-21(28)15-9-13(5-7-17(15)23)18-8-6-14(31-18)10-16-19(26)24(3)22(29)25(4)20(16)27/h5-10,12H,11H2,1-4H3. The summed E-state index contributed by atoms with van der Waals surface area (Å²) in [6.45, 7) is 4.13. The first-order valence-corrected chi connectivity index (χ1v) is 9.86. The third-order valence-electron chi connectivity index (χ3n) is 4.58. The second-order valence-electron chi connectivity index (χ2n) is 7.46. The molecule has 1 fully saturated rings. The van der Waals surface area contributed by atoms with Crippen molar-refractivity contribution in [3.05, 3.63) is 52.3 Å². The maximum absolute atomic E-state index is 12.3. The van der Waals surface area contributed by atoms with E-state index in [-0.39, 0.29) is 34.4 Å². The Bertz CT molecular complexity index is 1080. The largest absolute Gasteiger partial charge is 0.462 e. The summed E-state index contributed by atoms with van der Waals surface area (Å²) in [4.78, 5) is 50.5. The molecule has 2 aromatic rings. The van der Waals surface area contributed by atoms with Crippen molar-refractivity contribution in [1.82, 2.24) is 9.80 Å². The van der Waals surface area contributed by atoms with Gasteiger partial charge in [0.2, 0.25) is 0 Å². The van der Waals surface area contributed by atoms with Crippen molar-refractivity contribution in [3.63, 3.8) is 0 Å². The molecule has 1 aliphatic heterocycles. The summed E-state index contributed by atoms with van der Waals surface area (Å²) in [5.41, 5.74) is 0.575. The molecule has 0 aliphatic carbocycles. The number of benzene rings is 1. The minimum atomic E-state index is -0.715. The predicted octanol–water partition coefficient (Wildman–Crippen LogP) is 3.85. The molecular formula is C22H21ClN2O6. The number of hydrogen-bond donors (Lipinski definition) is 0.